The Morgan fingerprint density at radius 3 is 2.86 bits per heavy atom. The molecule has 1 aliphatic heterocycles. The lowest BCUT2D eigenvalue weighted by atomic mass is 10.2. The van der Waals surface area contributed by atoms with Crippen molar-refractivity contribution in [3.05, 3.63) is 24.0 Å². The predicted molar refractivity (Wildman–Crippen MR) is 83.9 cm³/mol. The van der Waals surface area contributed by atoms with E-state index in [1.807, 2.05) is 0 Å². The number of carbonyl (C=O) groups is 2. The molecule has 1 saturated heterocycles. The van der Waals surface area contributed by atoms with Crippen molar-refractivity contribution in [2.24, 2.45) is 0 Å². The van der Waals surface area contributed by atoms with Crippen LogP contribution in [0.2, 0.25) is 0 Å². The highest BCUT2D eigenvalue weighted by Gasteiger charge is 2.40. The molecule has 1 heterocycles. The summed E-state index contributed by atoms with van der Waals surface area (Å²) < 4.78 is 19.2. The second-order valence-corrected chi connectivity index (χ2v) is 6.28. The van der Waals surface area contributed by atoms with Crippen LogP contribution < -0.4 is 10.2 Å². The van der Waals surface area contributed by atoms with Gasteiger partial charge < -0.3 is 10.1 Å². The van der Waals surface area contributed by atoms with Gasteiger partial charge in [-0.1, -0.05) is 0 Å². The molecule has 1 aliphatic rings. The Morgan fingerprint density at radius 1 is 1.55 bits per heavy atom. The van der Waals surface area contributed by atoms with Gasteiger partial charge in [-0.15, -0.1) is 23.4 Å². The second-order valence-electron chi connectivity index (χ2n) is 4.77. The Kier molecular flexibility index (Phi) is 5.52. The number of carbonyl (C=O) groups excluding carboxylic acids is 2. The van der Waals surface area contributed by atoms with Crippen LogP contribution in [0.4, 0.5) is 14.9 Å². The molecular formula is C14H16ClFN2O3S. The molecule has 120 valence electrons. The number of benzene rings is 1. The second kappa shape index (κ2) is 7.19. The van der Waals surface area contributed by atoms with Crippen molar-refractivity contribution in [3.63, 3.8) is 0 Å². The van der Waals surface area contributed by atoms with Gasteiger partial charge in [-0.25, -0.2) is 9.18 Å². The number of nitrogens with one attached hydrogen (secondary N) is 1. The Labute approximate surface area is 137 Å². The van der Waals surface area contributed by atoms with E-state index in [0.717, 1.165) is 0 Å². The van der Waals surface area contributed by atoms with Gasteiger partial charge in [0, 0.05) is 23.5 Å². The van der Waals surface area contributed by atoms with E-state index in [2.05, 4.69) is 5.32 Å². The molecule has 8 heteroatoms. The lowest BCUT2D eigenvalue weighted by Crippen LogP contribution is -2.43. The quantitative estimate of drug-likeness (QED) is 0.658. The van der Waals surface area contributed by atoms with E-state index in [0.29, 0.717) is 22.2 Å². The first-order valence-electron chi connectivity index (χ1n) is 6.69. The summed E-state index contributed by atoms with van der Waals surface area (Å²) in [6, 6.07) is 4.10. The van der Waals surface area contributed by atoms with Gasteiger partial charge in [0.2, 0.25) is 5.91 Å². The van der Waals surface area contributed by atoms with E-state index in [9.17, 15) is 14.0 Å². The summed E-state index contributed by atoms with van der Waals surface area (Å²) in [7, 11) is 0. The highest BCUT2D eigenvalue weighted by molar-refractivity contribution is 7.99. The third-order valence-corrected chi connectivity index (χ3v) is 4.61. The minimum atomic E-state index is -0.752. The molecule has 2 amide bonds. The summed E-state index contributed by atoms with van der Waals surface area (Å²) in [4.78, 5) is 24.8. The fraction of sp³-hybridized carbons (Fsp3) is 0.429. The van der Waals surface area contributed by atoms with Crippen LogP contribution in [0.25, 0.3) is 0 Å². The van der Waals surface area contributed by atoms with Gasteiger partial charge in [-0.3, -0.25) is 9.69 Å². The molecule has 0 saturated carbocycles. The van der Waals surface area contributed by atoms with E-state index in [1.54, 1.807) is 19.1 Å². The van der Waals surface area contributed by atoms with Gasteiger partial charge in [0.25, 0.3) is 0 Å². The highest BCUT2D eigenvalue weighted by Crippen LogP contribution is 2.30. The average Bonchev–Trinajstić information content (AvgIpc) is 2.71. The normalized spacial score (nSPS) is 20.9. The summed E-state index contributed by atoms with van der Waals surface area (Å²) in [5.74, 6) is 0.311. The fourth-order valence-electron chi connectivity index (χ4n) is 2.16. The molecule has 0 radical (unpaired) electrons. The SMILES string of the molecule is CC(=O)N[C@H]1OC(=O)N(c2ccc(SCCCl)c(F)c2)C1C. The number of hydrogen-bond acceptors (Lipinski definition) is 4. The molecule has 0 aromatic heterocycles. The third kappa shape index (κ3) is 3.64. The molecule has 2 atom stereocenters. The Balaban J connectivity index is 2.18. The summed E-state index contributed by atoms with van der Waals surface area (Å²) in [5, 5.41) is 2.54. The van der Waals surface area contributed by atoms with E-state index in [-0.39, 0.29) is 5.91 Å². The minimum Gasteiger partial charge on any atom is -0.423 e. The first-order valence-corrected chi connectivity index (χ1v) is 8.21. The standard InChI is InChI=1S/C14H16ClFN2O3S/c1-8-13(17-9(2)19)21-14(20)18(8)10-3-4-12(11(16)7-10)22-6-5-15/h3-4,7-8,13H,5-6H2,1-2H3,(H,17,19)/t8?,13-/m0/s1. The number of rotatable bonds is 5. The van der Waals surface area contributed by atoms with E-state index >= 15 is 0 Å². The van der Waals surface area contributed by atoms with Crippen molar-refractivity contribution in [2.45, 2.75) is 31.0 Å². The first-order chi connectivity index (χ1) is 10.4. The van der Waals surface area contributed by atoms with Gasteiger partial charge in [0.1, 0.15) is 5.82 Å². The summed E-state index contributed by atoms with van der Waals surface area (Å²) in [6.45, 7) is 3.06. The van der Waals surface area contributed by atoms with E-state index < -0.39 is 24.2 Å². The number of amides is 2. The zero-order chi connectivity index (χ0) is 16.3. The van der Waals surface area contributed by atoms with Gasteiger partial charge in [-0.2, -0.15) is 0 Å². The molecule has 1 fully saturated rings. The third-order valence-electron chi connectivity index (χ3n) is 3.14. The van der Waals surface area contributed by atoms with Crippen LogP contribution >= 0.6 is 23.4 Å². The number of cyclic esters (lactones) is 1. The molecule has 1 aromatic rings. The monoisotopic (exact) mass is 346 g/mol. The molecule has 1 unspecified atom stereocenters. The Bertz CT molecular complexity index is 587. The van der Waals surface area contributed by atoms with Crippen molar-refractivity contribution in [3.8, 4) is 0 Å². The molecule has 1 N–H and O–H groups in total. The van der Waals surface area contributed by atoms with Gasteiger partial charge in [0.05, 0.1) is 11.7 Å². The number of anilines is 1. The molecule has 22 heavy (non-hydrogen) atoms. The van der Waals surface area contributed by atoms with Gasteiger partial charge >= 0.3 is 6.09 Å². The van der Waals surface area contributed by atoms with E-state index in [1.165, 1.54) is 29.7 Å². The van der Waals surface area contributed by atoms with Crippen LogP contribution in [-0.4, -0.2) is 35.9 Å². The minimum absolute atomic E-state index is 0.300. The molecule has 0 bridgehead atoms. The zero-order valence-electron chi connectivity index (χ0n) is 12.1. The van der Waals surface area contributed by atoms with Crippen molar-refractivity contribution >= 4 is 41.1 Å². The van der Waals surface area contributed by atoms with Crippen LogP contribution in [-0.2, 0) is 9.53 Å². The summed E-state index contributed by atoms with van der Waals surface area (Å²) in [5.41, 5.74) is 0.387. The first kappa shape index (κ1) is 16.9. The number of halogens is 2. The lowest BCUT2D eigenvalue weighted by Gasteiger charge is -2.21. The van der Waals surface area contributed by atoms with Gasteiger partial charge in [-0.05, 0) is 25.1 Å². The number of hydrogen-bond donors (Lipinski definition) is 1. The largest absolute Gasteiger partial charge is 0.423 e. The fourth-order valence-corrected chi connectivity index (χ4v) is 3.05. The number of alkyl halides is 1. The average molecular weight is 347 g/mol. The zero-order valence-corrected chi connectivity index (χ0v) is 13.7. The highest BCUT2D eigenvalue weighted by atomic mass is 35.5. The molecule has 0 spiro atoms. The van der Waals surface area contributed by atoms with Crippen molar-refractivity contribution in [2.75, 3.05) is 16.5 Å². The number of thioether (sulfide) groups is 1. The van der Waals surface area contributed by atoms with Crippen LogP contribution in [0.1, 0.15) is 13.8 Å². The Hall–Kier alpha value is -1.47. The predicted octanol–water partition coefficient (Wildman–Crippen LogP) is 2.96. The van der Waals surface area contributed by atoms with Crippen molar-refractivity contribution < 1.29 is 18.7 Å². The van der Waals surface area contributed by atoms with Crippen molar-refractivity contribution in [1.82, 2.24) is 5.32 Å². The van der Waals surface area contributed by atoms with Crippen LogP contribution in [0.15, 0.2) is 23.1 Å². The summed E-state index contributed by atoms with van der Waals surface area (Å²) in [6.07, 6.45) is -1.37. The maximum atomic E-state index is 14.1. The maximum Gasteiger partial charge on any atom is 0.416 e. The molecule has 5 nitrogen and oxygen atoms in total. The van der Waals surface area contributed by atoms with E-state index in [4.69, 9.17) is 16.3 Å². The summed E-state index contributed by atoms with van der Waals surface area (Å²) >= 11 is 6.90. The van der Waals surface area contributed by atoms with Crippen molar-refractivity contribution in [1.29, 1.82) is 0 Å². The molecule has 0 aliphatic carbocycles. The number of nitrogens with zero attached hydrogens (tertiary/aromatic N) is 1. The van der Waals surface area contributed by atoms with Crippen LogP contribution in [0.3, 0.4) is 0 Å². The smallest absolute Gasteiger partial charge is 0.416 e. The molecule has 2 rings (SSSR count). The molecular weight excluding hydrogens is 331 g/mol. The topological polar surface area (TPSA) is 58.6 Å². The van der Waals surface area contributed by atoms with Crippen LogP contribution in [0.5, 0.6) is 0 Å². The molecule has 1 aromatic carbocycles. The Morgan fingerprint density at radius 2 is 2.27 bits per heavy atom. The van der Waals surface area contributed by atoms with Gasteiger partial charge in [0.15, 0.2) is 6.23 Å². The van der Waals surface area contributed by atoms with Crippen LogP contribution in [0, 0.1) is 5.82 Å². The number of ether oxygens (including phenoxy) is 1. The lowest BCUT2D eigenvalue weighted by molar-refractivity contribution is -0.121. The maximum absolute atomic E-state index is 14.1.